The van der Waals surface area contributed by atoms with E-state index in [1.165, 1.54) is 17.6 Å². The number of nitrogens with zero attached hydrogens (tertiary/aromatic N) is 3. The van der Waals surface area contributed by atoms with E-state index in [-0.39, 0.29) is 17.2 Å². The van der Waals surface area contributed by atoms with Gasteiger partial charge in [-0.1, -0.05) is 0 Å². The summed E-state index contributed by atoms with van der Waals surface area (Å²) in [5.41, 5.74) is 2.38. The molecule has 2 aliphatic heterocycles. The predicted molar refractivity (Wildman–Crippen MR) is 88.9 cm³/mol. The predicted octanol–water partition coefficient (Wildman–Crippen LogP) is 2.50. The molecule has 0 radical (unpaired) electrons. The van der Waals surface area contributed by atoms with Gasteiger partial charge in [0.05, 0.1) is 11.8 Å². The third-order valence-electron chi connectivity index (χ3n) is 5.22. The van der Waals surface area contributed by atoms with Crippen LogP contribution in [0.15, 0.2) is 33.7 Å². The van der Waals surface area contributed by atoms with E-state index in [1.54, 1.807) is 23.0 Å². The third-order valence-corrected chi connectivity index (χ3v) is 5.81. The highest BCUT2D eigenvalue weighted by molar-refractivity contribution is 7.07. The normalized spacial score (nSPS) is 19.8. The summed E-state index contributed by atoms with van der Waals surface area (Å²) in [4.78, 5) is 32.7. The average Bonchev–Trinajstić information content (AvgIpc) is 3.36. The molecule has 126 valence electrons. The number of hydrogen-bond acceptors (Lipinski definition) is 5. The molecule has 0 saturated carbocycles. The van der Waals surface area contributed by atoms with Gasteiger partial charge in [0, 0.05) is 31.6 Å². The zero-order chi connectivity index (χ0) is 16.6. The molecule has 6 nitrogen and oxygen atoms in total. The fourth-order valence-electron chi connectivity index (χ4n) is 3.74. The van der Waals surface area contributed by atoms with Gasteiger partial charge >= 0.3 is 0 Å². The molecule has 0 aromatic carbocycles. The lowest BCUT2D eigenvalue weighted by Crippen LogP contribution is -2.44. The van der Waals surface area contributed by atoms with Gasteiger partial charge in [0.15, 0.2) is 5.76 Å². The van der Waals surface area contributed by atoms with Crippen LogP contribution in [-0.2, 0) is 0 Å². The van der Waals surface area contributed by atoms with Gasteiger partial charge in [0.25, 0.3) is 11.8 Å². The van der Waals surface area contributed by atoms with Crippen LogP contribution in [0.25, 0.3) is 0 Å². The molecule has 24 heavy (non-hydrogen) atoms. The van der Waals surface area contributed by atoms with E-state index in [4.69, 9.17) is 4.42 Å². The Kier molecular flexibility index (Phi) is 3.88. The highest BCUT2D eigenvalue weighted by Gasteiger charge is 2.43. The number of thiazole rings is 1. The van der Waals surface area contributed by atoms with Gasteiger partial charge in [-0.2, -0.15) is 0 Å². The first kappa shape index (κ1) is 15.4. The van der Waals surface area contributed by atoms with Gasteiger partial charge in [-0.05, 0) is 36.8 Å². The molecule has 1 spiro atoms. The molecule has 7 heteroatoms. The Labute approximate surface area is 144 Å². The number of amides is 2. The van der Waals surface area contributed by atoms with Crippen molar-refractivity contribution in [1.29, 1.82) is 0 Å². The van der Waals surface area contributed by atoms with Crippen LogP contribution < -0.4 is 0 Å². The number of piperidine rings is 1. The van der Waals surface area contributed by atoms with Crippen molar-refractivity contribution in [3.63, 3.8) is 0 Å². The molecule has 0 unspecified atom stereocenters. The van der Waals surface area contributed by atoms with Crippen molar-refractivity contribution < 1.29 is 14.0 Å². The lowest BCUT2D eigenvalue weighted by atomic mass is 9.77. The number of aromatic nitrogens is 1. The summed E-state index contributed by atoms with van der Waals surface area (Å²) in [6.07, 6.45) is 4.39. The summed E-state index contributed by atoms with van der Waals surface area (Å²) < 4.78 is 5.21. The molecule has 2 aliphatic rings. The van der Waals surface area contributed by atoms with Crippen LogP contribution in [0.3, 0.4) is 0 Å². The Hall–Kier alpha value is -2.15. The van der Waals surface area contributed by atoms with Crippen LogP contribution >= 0.6 is 11.3 Å². The molecule has 0 aliphatic carbocycles. The largest absolute Gasteiger partial charge is 0.459 e. The summed E-state index contributed by atoms with van der Waals surface area (Å²) in [5.74, 6) is 0.392. The standard InChI is InChI=1S/C17H19N3O3S/c21-15(13-10-24-12-18-13)20-8-5-17(11-20)3-6-19(7-4-17)16(22)14-2-1-9-23-14/h1-2,9-10,12H,3-8,11H2. The van der Waals surface area contributed by atoms with E-state index in [2.05, 4.69) is 4.98 Å². The molecule has 2 aromatic heterocycles. The Balaban J connectivity index is 1.37. The SMILES string of the molecule is O=C(c1cscn1)N1CCC2(CCN(C(=O)c3ccco3)CC2)C1. The van der Waals surface area contributed by atoms with E-state index in [9.17, 15) is 9.59 Å². The summed E-state index contributed by atoms with van der Waals surface area (Å²) in [7, 11) is 0. The Morgan fingerprint density at radius 2 is 1.88 bits per heavy atom. The van der Waals surface area contributed by atoms with Gasteiger partial charge in [0.2, 0.25) is 0 Å². The number of hydrogen-bond donors (Lipinski definition) is 0. The number of carbonyl (C=O) groups excluding carboxylic acids is 2. The second-order valence-electron chi connectivity index (χ2n) is 6.62. The zero-order valence-corrected chi connectivity index (χ0v) is 14.1. The van der Waals surface area contributed by atoms with Gasteiger partial charge in [0.1, 0.15) is 5.69 Å². The van der Waals surface area contributed by atoms with Gasteiger partial charge in [-0.25, -0.2) is 4.98 Å². The van der Waals surface area contributed by atoms with Crippen LogP contribution in [0, 0.1) is 5.41 Å². The summed E-state index contributed by atoms with van der Waals surface area (Å²) in [6.45, 7) is 2.99. The number of rotatable bonds is 2. The fraction of sp³-hybridized carbons (Fsp3) is 0.471. The van der Waals surface area contributed by atoms with E-state index in [1.807, 2.05) is 9.80 Å². The Morgan fingerprint density at radius 3 is 2.50 bits per heavy atom. The minimum atomic E-state index is -0.0387. The van der Waals surface area contributed by atoms with E-state index < -0.39 is 0 Å². The first-order valence-corrected chi connectivity index (χ1v) is 9.11. The minimum absolute atomic E-state index is 0.0298. The van der Waals surface area contributed by atoms with Crippen molar-refractivity contribution in [1.82, 2.24) is 14.8 Å². The summed E-state index contributed by atoms with van der Waals surface area (Å²) >= 11 is 1.44. The minimum Gasteiger partial charge on any atom is -0.459 e. The van der Waals surface area contributed by atoms with Gasteiger partial charge in [-0.15, -0.1) is 11.3 Å². The van der Waals surface area contributed by atoms with Crippen molar-refractivity contribution in [2.24, 2.45) is 5.41 Å². The molecule has 2 fully saturated rings. The molecule has 0 bridgehead atoms. The van der Waals surface area contributed by atoms with E-state index in [0.717, 1.165) is 45.4 Å². The molecular weight excluding hydrogens is 326 g/mol. The molecule has 4 heterocycles. The van der Waals surface area contributed by atoms with Crippen molar-refractivity contribution in [3.05, 3.63) is 40.7 Å². The van der Waals surface area contributed by atoms with Crippen molar-refractivity contribution in [3.8, 4) is 0 Å². The maximum Gasteiger partial charge on any atom is 0.289 e. The fourth-order valence-corrected chi connectivity index (χ4v) is 4.26. The lowest BCUT2D eigenvalue weighted by molar-refractivity contribution is 0.0539. The zero-order valence-electron chi connectivity index (χ0n) is 13.3. The van der Waals surface area contributed by atoms with Gasteiger partial charge in [-0.3, -0.25) is 9.59 Å². The van der Waals surface area contributed by atoms with E-state index >= 15 is 0 Å². The summed E-state index contributed by atoms with van der Waals surface area (Å²) in [6, 6.07) is 3.44. The second-order valence-corrected chi connectivity index (χ2v) is 7.34. The van der Waals surface area contributed by atoms with Crippen LogP contribution in [0.2, 0.25) is 0 Å². The quantitative estimate of drug-likeness (QED) is 0.839. The molecule has 0 N–H and O–H groups in total. The third kappa shape index (κ3) is 2.73. The smallest absolute Gasteiger partial charge is 0.289 e. The van der Waals surface area contributed by atoms with Crippen LogP contribution in [0.4, 0.5) is 0 Å². The topological polar surface area (TPSA) is 66.7 Å². The Morgan fingerprint density at radius 1 is 1.12 bits per heavy atom. The molecular formula is C17H19N3O3S. The number of carbonyl (C=O) groups is 2. The second kappa shape index (κ2) is 6.05. The summed E-state index contributed by atoms with van der Waals surface area (Å²) in [5, 5.41) is 1.80. The molecule has 2 amide bonds. The first-order valence-electron chi connectivity index (χ1n) is 8.17. The van der Waals surface area contributed by atoms with Gasteiger partial charge < -0.3 is 14.2 Å². The van der Waals surface area contributed by atoms with E-state index in [0.29, 0.717) is 11.5 Å². The number of furan rings is 1. The van der Waals surface area contributed by atoms with Crippen molar-refractivity contribution in [2.45, 2.75) is 19.3 Å². The van der Waals surface area contributed by atoms with Crippen LogP contribution in [0.5, 0.6) is 0 Å². The number of likely N-dealkylation sites (tertiary alicyclic amines) is 2. The highest BCUT2D eigenvalue weighted by Crippen LogP contribution is 2.41. The maximum absolute atomic E-state index is 12.5. The van der Waals surface area contributed by atoms with Crippen LogP contribution in [-0.4, -0.2) is 52.8 Å². The van der Waals surface area contributed by atoms with Crippen molar-refractivity contribution in [2.75, 3.05) is 26.2 Å². The van der Waals surface area contributed by atoms with Crippen molar-refractivity contribution >= 4 is 23.2 Å². The molecule has 2 aromatic rings. The molecule has 2 saturated heterocycles. The lowest BCUT2D eigenvalue weighted by Gasteiger charge is -2.38. The van der Waals surface area contributed by atoms with Crippen LogP contribution in [0.1, 0.15) is 40.3 Å². The Bertz CT molecular complexity index is 718. The maximum atomic E-state index is 12.5. The molecule has 0 atom stereocenters. The molecule has 4 rings (SSSR count). The monoisotopic (exact) mass is 345 g/mol. The average molecular weight is 345 g/mol. The highest BCUT2D eigenvalue weighted by atomic mass is 32.1. The first-order chi connectivity index (χ1) is 11.7.